The Labute approximate surface area is 192 Å². The molecule has 2 aromatic carbocycles. The normalized spacial score (nSPS) is 13.0. The lowest BCUT2D eigenvalue weighted by Crippen LogP contribution is -2.29. The maximum absolute atomic E-state index is 12.9. The molecule has 0 bridgehead atoms. The van der Waals surface area contributed by atoms with E-state index in [1.165, 1.54) is 34.4 Å². The smallest absolute Gasteiger partial charge is 0.261 e. The highest BCUT2D eigenvalue weighted by Crippen LogP contribution is 2.27. The number of carbonyl (C=O) groups excluding carboxylic acids is 3. The standard InChI is InChI=1S/C23H19N5O4S/c1-12-13(2)33-23-25-22(26-28(12)23)24-19(29)15-6-9-17-18(10-15)21(31)27(20(17)30)11-14-4-7-16(32-3)8-5-14/h4-10H,11H2,1-3H3,(H,24,26,29). The number of carbonyl (C=O) groups is 3. The highest BCUT2D eigenvalue weighted by atomic mass is 32.1. The molecular weight excluding hydrogens is 442 g/mol. The maximum atomic E-state index is 12.9. The third-order valence-corrected chi connectivity index (χ3v) is 6.66. The fourth-order valence-electron chi connectivity index (χ4n) is 3.66. The van der Waals surface area contributed by atoms with Crippen molar-refractivity contribution in [3.63, 3.8) is 0 Å². The van der Waals surface area contributed by atoms with Gasteiger partial charge in [-0.1, -0.05) is 23.5 Å². The average Bonchev–Trinajstić information content (AvgIpc) is 3.41. The van der Waals surface area contributed by atoms with Crippen molar-refractivity contribution in [3.8, 4) is 5.75 Å². The predicted molar refractivity (Wildman–Crippen MR) is 122 cm³/mol. The van der Waals surface area contributed by atoms with Crippen LogP contribution in [0.4, 0.5) is 5.95 Å². The van der Waals surface area contributed by atoms with Crippen molar-refractivity contribution in [2.75, 3.05) is 12.4 Å². The molecule has 0 aliphatic carbocycles. The lowest BCUT2D eigenvalue weighted by Gasteiger charge is -2.14. The number of amides is 3. The molecule has 1 N–H and O–H groups in total. The molecule has 0 unspecified atom stereocenters. The van der Waals surface area contributed by atoms with Crippen molar-refractivity contribution < 1.29 is 19.1 Å². The number of thiazole rings is 1. The first kappa shape index (κ1) is 20.8. The second-order valence-electron chi connectivity index (χ2n) is 7.63. The van der Waals surface area contributed by atoms with Crippen LogP contribution in [-0.4, -0.2) is 44.3 Å². The van der Waals surface area contributed by atoms with E-state index in [0.717, 1.165) is 16.1 Å². The number of benzene rings is 2. The van der Waals surface area contributed by atoms with Crippen molar-refractivity contribution in [1.29, 1.82) is 0 Å². The molecule has 0 spiro atoms. The molecule has 9 nitrogen and oxygen atoms in total. The summed E-state index contributed by atoms with van der Waals surface area (Å²) < 4.78 is 6.82. The molecule has 2 aromatic heterocycles. The summed E-state index contributed by atoms with van der Waals surface area (Å²) in [6.07, 6.45) is 0. The van der Waals surface area contributed by atoms with E-state index in [2.05, 4.69) is 15.4 Å². The number of fused-ring (bicyclic) bond motifs is 2. The van der Waals surface area contributed by atoms with Crippen LogP contribution < -0.4 is 10.1 Å². The zero-order valence-corrected chi connectivity index (χ0v) is 18.9. The molecule has 0 saturated heterocycles. The van der Waals surface area contributed by atoms with E-state index in [1.807, 2.05) is 13.8 Å². The van der Waals surface area contributed by atoms with E-state index < -0.39 is 11.8 Å². The summed E-state index contributed by atoms with van der Waals surface area (Å²) in [5.74, 6) is -0.418. The Kier molecular flexibility index (Phi) is 4.94. The summed E-state index contributed by atoms with van der Waals surface area (Å²) in [5, 5.41) is 6.98. The third kappa shape index (κ3) is 3.54. The van der Waals surface area contributed by atoms with Gasteiger partial charge in [-0.15, -0.1) is 5.10 Å². The molecule has 166 valence electrons. The average molecular weight is 462 g/mol. The Morgan fingerprint density at radius 2 is 1.79 bits per heavy atom. The van der Waals surface area contributed by atoms with Crippen LogP contribution in [0.2, 0.25) is 0 Å². The van der Waals surface area contributed by atoms with Gasteiger partial charge in [0.25, 0.3) is 23.7 Å². The fraction of sp³-hybridized carbons (Fsp3) is 0.174. The number of anilines is 1. The quantitative estimate of drug-likeness (QED) is 0.456. The zero-order chi connectivity index (χ0) is 23.3. The molecular formula is C23H19N5O4S. The topological polar surface area (TPSA) is 106 Å². The van der Waals surface area contributed by atoms with E-state index >= 15 is 0 Å². The minimum absolute atomic E-state index is 0.131. The van der Waals surface area contributed by atoms with E-state index in [0.29, 0.717) is 10.7 Å². The summed E-state index contributed by atoms with van der Waals surface area (Å²) in [4.78, 5) is 45.8. The van der Waals surface area contributed by atoms with Crippen molar-refractivity contribution in [2.45, 2.75) is 20.4 Å². The first-order valence-corrected chi connectivity index (χ1v) is 10.9. The Hall–Kier alpha value is -4.05. The highest BCUT2D eigenvalue weighted by molar-refractivity contribution is 7.17. The van der Waals surface area contributed by atoms with Gasteiger partial charge in [0.05, 0.1) is 30.5 Å². The van der Waals surface area contributed by atoms with Crippen LogP contribution in [0.1, 0.15) is 47.2 Å². The fourth-order valence-corrected chi connectivity index (χ4v) is 4.56. The van der Waals surface area contributed by atoms with Crippen molar-refractivity contribution in [1.82, 2.24) is 19.5 Å². The van der Waals surface area contributed by atoms with Crippen LogP contribution in [-0.2, 0) is 6.54 Å². The molecule has 0 fully saturated rings. The lowest BCUT2D eigenvalue weighted by molar-refractivity contribution is 0.0642. The van der Waals surface area contributed by atoms with Gasteiger partial charge in [-0.05, 0) is 49.7 Å². The van der Waals surface area contributed by atoms with Gasteiger partial charge in [0.2, 0.25) is 4.96 Å². The van der Waals surface area contributed by atoms with Gasteiger partial charge < -0.3 is 4.74 Å². The van der Waals surface area contributed by atoms with Crippen LogP contribution in [0.25, 0.3) is 4.96 Å². The van der Waals surface area contributed by atoms with Gasteiger partial charge in [-0.2, -0.15) is 4.98 Å². The van der Waals surface area contributed by atoms with E-state index in [-0.39, 0.29) is 35.1 Å². The van der Waals surface area contributed by atoms with Gasteiger partial charge >= 0.3 is 0 Å². The summed E-state index contributed by atoms with van der Waals surface area (Å²) in [7, 11) is 1.57. The largest absolute Gasteiger partial charge is 0.497 e. The first-order valence-electron chi connectivity index (χ1n) is 10.1. The van der Waals surface area contributed by atoms with E-state index in [1.54, 1.807) is 35.9 Å². The molecule has 5 rings (SSSR count). The summed E-state index contributed by atoms with van der Waals surface area (Å²) in [6, 6.07) is 11.6. The van der Waals surface area contributed by atoms with Gasteiger partial charge in [0.1, 0.15) is 5.75 Å². The third-order valence-electron chi connectivity index (χ3n) is 5.61. The number of hydrogen-bond donors (Lipinski definition) is 1. The Bertz CT molecular complexity index is 1440. The minimum atomic E-state index is -0.459. The molecule has 10 heteroatoms. The van der Waals surface area contributed by atoms with Gasteiger partial charge in [-0.25, -0.2) is 4.52 Å². The minimum Gasteiger partial charge on any atom is -0.497 e. The summed E-state index contributed by atoms with van der Waals surface area (Å²) in [6.45, 7) is 4.04. The number of aromatic nitrogens is 3. The number of hydrogen-bond acceptors (Lipinski definition) is 7. The highest BCUT2D eigenvalue weighted by Gasteiger charge is 2.36. The molecule has 4 aromatic rings. The van der Waals surface area contributed by atoms with Crippen LogP contribution in [0.3, 0.4) is 0 Å². The van der Waals surface area contributed by atoms with Gasteiger partial charge in [0.15, 0.2) is 0 Å². The van der Waals surface area contributed by atoms with Gasteiger partial charge in [-0.3, -0.25) is 24.6 Å². The van der Waals surface area contributed by atoms with E-state index in [4.69, 9.17) is 4.74 Å². The number of imide groups is 1. The van der Waals surface area contributed by atoms with Crippen LogP contribution in [0.15, 0.2) is 42.5 Å². The number of aryl methyl sites for hydroxylation is 2. The van der Waals surface area contributed by atoms with Crippen LogP contribution >= 0.6 is 11.3 Å². The van der Waals surface area contributed by atoms with Crippen LogP contribution in [0.5, 0.6) is 5.75 Å². The molecule has 1 aliphatic rings. The number of nitrogens with zero attached hydrogens (tertiary/aromatic N) is 4. The maximum Gasteiger partial charge on any atom is 0.261 e. The summed E-state index contributed by atoms with van der Waals surface area (Å²) in [5.41, 5.74) is 2.47. The first-order chi connectivity index (χ1) is 15.9. The Morgan fingerprint density at radius 1 is 1.06 bits per heavy atom. The Balaban J connectivity index is 1.35. The monoisotopic (exact) mass is 461 g/mol. The van der Waals surface area contributed by atoms with Crippen molar-refractivity contribution in [2.24, 2.45) is 0 Å². The SMILES string of the molecule is COc1ccc(CN2C(=O)c3ccc(C(=O)Nc4nc5sc(C)c(C)n5n4)cc3C2=O)cc1. The van der Waals surface area contributed by atoms with Crippen LogP contribution in [0, 0.1) is 13.8 Å². The van der Waals surface area contributed by atoms with Crippen molar-refractivity contribution in [3.05, 3.63) is 75.3 Å². The molecule has 3 amide bonds. The van der Waals surface area contributed by atoms with E-state index in [9.17, 15) is 14.4 Å². The number of ether oxygens (including phenoxy) is 1. The molecule has 1 aliphatic heterocycles. The molecule has 3 heterocycles. The second-order valence-corrected chi connectivity index (χ2v) is 8.81. The van der Waals surface area contributed by atoms with Crippen molar-refractivity contribution >= 4 is 40.0 Å². The number of rotatable bonds is 5. The van der Waals surface area contributed by atoms with Gasteiger partial charge in [0, 0.05) is 10.4 Å². The summed E-state index contributed by atoms with van der Waals surface area (Å²) >= 11 is 1.49. The molecule has 0 atom stereocenters. The molecule has 33 heavy (non-hydrogen) atoms. The Morgan fingerprint density at radius 3 is 2.48 bits per heavy atom. The zero-order valence-electron chi connectivity index (χ0n) is 18.1. The molecule has 0 radical (unpaired) electrons. The second kappa shape index (κ2) is 7.82. The molecule has 0 saturated carbocycles. The predicted octanol–water partition coefficient (Wildman–Crippen LogP) is 3.46. The number of methoxy groups -OCH3 is 1. The lowest BCUT2D eigenvalue weighted by atomic mass is 10.1. The number of nitrogens with one attached hydrogen (secondary N) is 1.